The molecule has 1 aromatic heterocycles. The van der Waals surface area contributed by atoms with Crippen LogP contribution in [0.1, 0.15) is 40.7 Å². The van der Waals surface area contributed by atoms with Crippen LogP contribution in [0.3, 0.4) is 0 Å². The lowest BCUT2D eigenvalue weighted by molar-refractivity contribution is 0.667. The quantitative estimate of drug-likeness (QED) is 0.141. The molecular weight excluding hydrogens is 587 g/mol. The van der Waals surface area contributed by atoms with E-state index >= 15 is 0 Å². The van der Waals surface area contributed by atoms with Gasteiger partial charge in [-0.2, -0.15) is 0 Å². The van der Waals surface area contributed by atoms with Gasteiger partial charge in [0.15, 0.2) is 11.7 Å². The van der Waals surface area contributed by atoms with Gasteiger partial charge in [-0.25, -0.2) is 9.98 Å². The molecule has 0 aliphatic heterocycles. The van der Waals surface area contributed by atoms with E-state index in [1.54, 1.807) is 0 Å². The summed E-state index contributed by atoms with van der Waals surface area (Å²) in [6, 6.07) is 48.4. The van der Waals surface area contributed by atoms with E-state index in [0.717, 1.165) is 57.0 Å². The highest BCUT2D eigenvalue weighted by Gasteiger charge is 2.26. The van der Waals surface area contributed by atoms with Gasteiger partial charge in [0.25, 0.3) is 0 Å². The first-order valence-electron chi connectivity index (χ1n) is 16.4. The summed E-state index contributed by atoms with van der Waals surface area (Å²) in [5, 5.41) is 4.69. The summed E-state index contributed by atoms with van der Waals surface area (Å²) in [7, 11) is 0. The molecule has 0 saturated carbocycles. The van der Waals surface area contributed by atoms with E-state index in [2.05, 4.69) is 84.5 Å². The Hall–Kier alpha value is -6.13. The van der Waals surface area contributed by atoms with Gasteiger partial charge in [-0.05, 0) is 69.5 Å². The predicted molar refractivity (Wildman–Crippen MR) is 198 cm³/mol. The Bertz CT molecular complexity index is 2590. The Morgan fingerprint density at radius 3 is 2.12 bits per heavy atom. The van der Waals surface area contributed by atoms with Crippen molar-refractivity contribution >= 4 is 51.5 Å². The van der Waals surface area contributed by atoms with Crippen LogP contribution in [0.15, 0.2) is 159 Å². The zero-order valence-electron chi connectivity index (χ0n) is 26.4. The van der Waals surface area contributed by atoms with Crippen molar-refractivity contribution in [2.24, 2.45) is 15.0 Å². The molecule has 2 aliphatic carbocycles. The van der Waals surface area contributed by atoms with E-state index < -0.39 is 0 Å². The maximum atomic E-state index is 6.74. The molecule has 0 amide bonds. The summed E-state index contributed by atoms with van der Waals surface area (Å²) in [6.07, 6.45) is 1.95. The molecular formula is C44H31N3O. The third kappa shape index (κ3) is 4.57. The highest BCUT2D eigenvalue weighted by atomic mass is 16.3. The molecule has 0 saturated heterocycles. The largest absolute Gasteiger partial charge is 0.455 e. The maximum Gasteiger partial charge on any atom is 0.161 e. The van der Waals surface area contributed by atoms with Crippen LogP contribution in [0.4, 0.5) is 0 Å². The van der Waals surface area contributed by atoms with E-state index in [9.17, 15) is 0 Å². The fraction of sp³-hybridized carbons (Fsp3) is 0.0682. The van der Waals surface area contributed by atoms with E-state index in [4.69, 9.17) is 14.4 Å². The standard InChI is InChI=1S/C44H31N3O/c1-45-44(47-43(29-15-6-3-7-16-29)46-27-28-13-4-2-5-14-28)38-23-12-24-39-41(38)37-22-11-21-36(42(37)48-39)32-25-26-35-31-18-9-8-17-30(31)33-19-10-20-34(32)40(33)35/h2-24H,1,25-27H2. The van der Waals surface area contributed by atoms with E-state index in [-0.39, 0.29) is 0 Å². The minimum absolute atomic E-state index is 0.507. The number of furan rings is 1. The van der Waals surface area contributed by atoms with Gasteiger partial charge in [-0.1, -0.05) is 133 Å². The van der Waals surface area contributed by atoms with Crippen LogP contribution >= 0.6 is 0 Å². The number of hydrogen-bond acceptors (Lipinski definition) is 2. The molecule has 228 valence electrons. The molecule has 0 bridgehead atoms. The molecule has 0 fully saturated rings. The molecule has 4 heteroatoms. The van der Waals surface area contributed by atoms with Crippen LogP contribution in [-0.2, 0) is 6.54 Å². The average Bonchev–Trinajstić information content (AvgIpc) is 3.70. The molecule has 2 aliphatic rings. The van der Waals surface area contributed by atoms with Crippen LogP contribution in [0, 0.1) is 0 Å². The topological polar surface area (TPSA) is 50.2 Å². The van der Waals surface area contributed by atoms with Crippen molar-refractivity contribution in [3.63, 3.8) is 0 Å². The number of fused-ring (bicyclic) bond motifs is 6. The second-order valence-electron chi connectivity index (χ2n) is 12.3. The first-order valence-corrected chi connectivity index (χ1v) is 16.4. The van der Waals surface area contributed by atoms with Crippen molar-refractivity contribution in [2.45, 2.75) is 19.4 Å². The zero-order chi connectivity index (χ0) is 32.0. The van der Waals surface area contributed by atoms with Gasteiger partial charge in [0.2, 0.25) is 0 Å². The molecule has 0 atom stereocenters. The number of para-hydroxylation sites is 1. The highest BCUT2D eigenvalue weighted by Crippen LogP contribution is 2.40. The first kappa shape index (κ1) is 28.1. The fourth-order valence-corrected chi connectivity index (χ4v) is 7.47. The van der Waals surface area contributed by atoms with Crippen LogP contribution in [0.2, 0.25) is 0 Å². The Morgan fingerprint density at radius 1 is 0.604 bits per heavy atom. The molecule has 9 rings (SSSR count). The van der Waals surface area contributed by atoms with Crippen LogP contribution in [-0.4, -0.2) is 18.4 Å². The summed E-state index contributed by atoms with van der Waals surface area (Å²) in [5.41, 5.74) is 12.5. The van der Waals surface area contributed by atoms with Crippen LogP contribution in [0.25, 0.3) is 44.2 Å². The highest BCUT2D eigenvalue weighted by molar-refractivity contribution is 6.22. The smallest absolute Gasteiger partial charge is 0.161 e. The average molecular weight is 618 g/mol. The molecule has 0 spiro atoms. The van der Waals surface area contributed by atoms with Gasteiger partial charge in [0, 0.05) is 27.5 Å². The van der Waals surface area contributed by atoms with Gasteiger partial charge >= 0.3 is 0 Å². The van der Waals surface area contributed by atoms with Gasteiger partial charge in [-0.3, -0.25) is 4.99 Å². The monoisotopic (exact) mass is 617 g/mol. The molecule has 48 heavy (non-hydrogen) atoms. The molecule has 0 unspecified atom stereocenters. The summed E-state index contributed by atoms with van der Waals surface area (Å²) in [6.45, 7) is 4.46. The minimum atomic E-state index is 0.507. The normalized spacial score (nSPS) is 14.0. The fourth-order valence-electron chi connectivity index (χ4n) is 7.47. The molecule has 4 nitrogen and oxygen atoms in total. The lowest BCUT2D eigenvalue weighted by Gasteiger charge is -2.15. The molecule has 0 N–H and O–H groups in total. The summed E-state index contributed by atoms with van der Waals surface area (Å²) in [5.74, 6) is 1.11. The third-order valence-electron chi connectivity index (χ3n) is 9.60. The van der Waals surface area contributed by atoms with Gasteiger partial charge in [0.05, 0.1) is 6.54 Å². The third-order valence-corrected chi connectivity index (χ3v) is 9.60. The SMILES string of the molecule is C=NC(=NC(=NCc1ccccc1)c1ccccc1)c1cccc2oc3c(C4=c5cccc6c5=C(CC4)c4ccccc4-6)cccc3c12. The Balaban J connectivity index is 1.22. The van der Waals surface area contributed by atoms with Crippen molar-refractivity contribution in [3.05, 3.63) is 178 Å². The van der Waals surface area contributed by atoms with Crippen LogP contribution in [0.5, 0.6) is 0 Å². The van der Waals surface area contributed by atoms with Crippen molar-refractivity contribution < 1.29 is 4.42 Å². The Morgan fingerprint density at radius 2 is 1.29 bits per heavy atom. The molecule has 1 heterocycles. The summed E-state index contributed by atoms with van der Waals surface area (Å²) >= 11 is 0. The second kappa shape index (κ2) is 11.6. The molecule has 0 radical (unpaired) electrons. The van der Waals surface area contributed by atoms with E-state index in [0.29, 0.717) is 18.2 Å². The number of rotatable bonds is 5. The number of aliphatic imine (C=N–C) groups is 3. The van der Waals surface area contributed by atoms with Gasteiger partial charge < -0.3 is 4.42 Å². The van der Waals surface area contributed by atoms with Gasteiger partial charge in [0.1, 0.15) is 11.2 Å². The predicted octanol–water partition coefficient (Wildman–Crippen LogP) is 8.85. The molecule has 6 aromatic carbocycles. The molecule has 7 aromatic rings. The second-order valence-corrected chi connectivity index (χ2v) is 12.3. The van der Waals surface area contributed by atoms with Crippen molar-refractivity contribution in [1.82, 2.24) is 0 Å². The number of hydrogen-bond donors (Lipinski definition) is 0. The Labute approximate surface area is 278 Å². The summed E-state index contributed by atoms with van der Waals surface area (Å²) < 4.78 is 6.74. The summed E-state index contributed by atoms with van der Waals surface area (Å²) in [4.78, 5) is 14.5. The minimum Gasteiger partial charge on any atom is -0.455 e. The van der Waals surface area contributed by atoms with Crippen molar-refractivity contribution in [1.29, 1.82) is 0 Å². The zero-order valence-corrected chi connectivity index (χ0v) is 26.4. The lowest BCUT2D eigenvalue weighted by Crippen LogP contribution is -2.32. The van der Waals surface area contributed by atoms with Gasteiger partial charge in [-0.15, -0.1) is 0 Å². The van der Waals surface area contributed by atoms with Crippen molar-refractivity contribution in [3.8, 4) is 11.1 Å². The van der Waals surface area contributed by atoms with Crippen LogP contribution < -0.4 is 10.4 Å². The lowest BCUT2D eigenvalue weighted by atomic mass is 9.88. The number of nitrogens with zero attached hydrogens (tertiary/aromatic N) is 3. The maximum absolute atomic E-state index is 6.74. The number of benzene rings is 6. The first-order chi connectivity index (χ1) is 23.8. The Kier molecular flexibility index (Phi) is 6.79. The number of amidine groups is 2. The van der Waals surface area contributed by atoms with E-state index in [1.807, 2.05) is 66.7 Å². The van der Waals surface area contributed by atoms with E-state index in [1.165, 1.54) is 38.3 Å². The van der Waals surface area contributed by atoms with Crippen molar-refractivity contribution in [2.75, 3.05) is 0 Å².